The van der Waals surface area contributed by atoms with Crippen molar-refractivity contribution in [3.63, 3.8) is 0 Å². The van der Waals surface area contributed by atoms with Gasteiger partial charge in [-0.05, 0) is 5.56 Å². The second-order valence-electron chi connectivity index (χ2n) is 3.84. The summed E-state index contributed by atoms with van der Waals surface area (Å²) in [5.74, 6) is 0. The standard InChI is InChI=1S/C13H13N3O3/c17-12-8-14-6-11(16-12)7-15-13(18)19-9-10-4-2-1-3-5-10/h1-6,8H,7,9H2,(H,15,18)(H,16,17). The summed E-state index contributed by atoms with van der Waals surface area (Å²) in [7, 11) is 0. The van der Waals surface area contributed by atoms with Crippen molar-refractivity contribution in [2.45, 2.75) is 13.2 Å². The van der Waals surface area contributed by atoms with Gasteiger partial charge in [-0.25, -0.2) is 4.79 Å². The Morgan fingerprint density at radius 1 is 1.26 bits per heavy atom. The number of carbonyl (C=O) groups excluding carboxylic acids is 1. The molecule has 0 fully saturated rings. The second kappa shape index (κ2) is 6.34. The summed E-state index contributed by atoms with van der Waals surface area (Å²) < 4.78 is 5.02. The highest BCUT2D eigenvalue weighted by Gasteiger charge is 2.03. The van der Waals surface area contributed by atoms with Crippen molar-refractivity contribution in [2.24, 2.45) is 0 Å². The maximum Gasteiger partial charge on any atom is 0.407 e. The minimum atomic E-state index is -0.548. The Labute approximate surface area is 109 Å². The fraction of sp³-hybridized carbons (Fsp3) is 0.154. The van der Waals surface area contributed by atoms with Gasteiger partial charge in [0.25, 0.3) is 5.56 Å². The molecule has 0 saturated heterocycles. The maximum atomic E-state index is 11.4. The zero-order valence-electron chi connectivity index (χ0n) is 10.1. The number of H-pyrrole nitrogens is 1. The molecule has 6 nitrogen and oxygen atoms in total. The average Bonchev–Trinajstić information content (AvgIpc) is 2.44. The van der Waals surface area contributed by atoms with E-state index in [9.17, 15) is 9.59 Å². The van der Waals surface area contributed by atoms with Gasteiger partial charge in [0, 0.05) is 6.20 Å². The number of benzene rings is 1. The van der Waals surface area contributed by atoms with Gasteiger partial charge in [0.1, 0.15) is 6.61 Å². The van der Waals surface area contributed by atoms with Crippen LogP contribution in [0, 0.1) is 0 Å². The summed E-state index contributed by atoms with van der Waals surface area (Å²) in [6, 6.07) is 9.37. The molecule has 0 saturated carbocycles. The number of hydrogen-bond acceptors (Lipinski definition) is 4. The fourth-order valence-electron chi connectivity index (χ4n) is 1.45. The van der Waals surface area contributed by atoms with Crippen molar-refractivity contribution in [3.8, 4) is 0 Å². The minimum Gasteiger partial charge on any atom is -0.445 e. The average molecular weight is 259 g/mol. The first-order valence-corrected chi connectivity index (χ1v) is 5.72. The Morgan fingerprint density at radius 2 is 2.05 bits per heavy atom. The molecule has 0 aliphatic carbocycles. The number of amides is 1. The molecule has 1 amide bonds. The lowest BCUT2D eigenvalue weighted by Gasteiger charge is -2.06. The number of nitrogens with one attached hydrogen (secondary N) is 2. The molecule has 0 bridgehead atoms. The smallest absolute Gasteiger partial charge is 0.407 e. The van der Waals surface area contributed by atoms with Crippen LogP contribution in [0.2, 0.25) is 0 Å². The van der Waals surface area contributed by atoms with Gasteiger partial charge in [0.2, 0.25) is 0 Å². The second-order valence-corrected chi connectivity index (χ2v) is 3.84. The van der Waals surface area contributed by atoms with Gasteiger partial charge in [-0.15, -0.1) is 0 Å². The number of aromatic amines is 1. The zero-order valence-corrected chi connectivity index (χ0v) is 10.1. The lowest BCUT2D eigenvalue weighted by molar-refractivity contribution is 0.139. The van der Waals surface area contributed by atoms with E-state index in [0.29, 0.717) is 5.69 Å². The third-order valence-corrected chi connectivity index (χ3v) is 2.34. The summed E-state index contributed by atoms with van der Waals surface area (Å²) in [5.41, 5.74) is 1.12. The van der Waals surface area contributed by atoms with Crippen molar-refractivity contribution >= 4 is 6.09 Å². The normalized spacial score (nSPS) is 9.89. The fourth-order valence-corrected chi connectivity index (χ4v) is 1.45. The molecular weight excluding hydrogens is 246 g/mol. The Bertz CT molecular complexity index is 595. The van der Waals surface area contributed by atoms with Gasteiger partial charge < -0.3 is 15.0 Å². The number of hydrogen-bond donors (Lipinski definition) is 2. The highest BCUT2D eigenvalue weighted by atomic mass is 16.5. The Hall–Kier alpha value is -2.63. The minimum absolute atomic E-state index is 0.163. The van der Waals surface area contributed by atoms with Gasteiger partial charge in [0.15, 0.2) is 0 Å². The van der Waals surface area contributed by atoms with E-state index < -0.39 is 6.09 Å². The Kier molecular flexibility index (Phi) is 4.28. The van der Waals surface area contributed by atoms with Crippen molar-refractivity contribution in [2.75, 3.05) is 0 Å². The molecule has 0 spiro atoms. The summed E-state index contributed by atoms with van der Waals surface area (Å²) in [6.07, 6.45) is 2.09. The third kappa shape index (κ3) is 4.27. The molecule has 0 unspecified atom stereocenters. The van der Waals surface area contributed by atoms with Crippen LogP contribution in [0.1, 0.15) is 11.3 Å². The number of aromatic nitrogens is 2. The quantitative estimate of drug-likeness (QED) is 0.864. The summed E-state index contributed by atoms with van der Waals surface area (Å²) in [4.78, 5) is 28.7. The first-order chi connectivity index (χ1) is 9.24. The Balaban J connectivity index is 1.77. The summed E-state index contributed by atoms with van der Waals surface area (Å²) in [5, 5.41) is 2.53. The van der Waals surface area contributed by atoms with Crippen LogP contribution in [0.4, 0.5) is 4.79 Å². The first-order valence-electron chi connectivity index (χ1n) is 5.72. The predicted molar refractivity (Wildman–Crippen MR) is 68.3 cm³/mol. The SMILES string of the molecule is O=C(NCc1cncc(=O)[nH]1)OCc1ccccc1. The van der Waals surface area contributed by atoms with Gasteiger partial charge in [-0.2, -0.15) is 0 Å². The Morgan fingerprint density at radius 3 is 2.79 bits per heavy atom. The molecule has 0 aliphatic heterocycles. The van der Waals surface area contributed by atoms with Crippen LogP contribution in [-0.4, -0.2) is 16.1 Å². The summed E-state index contributed by atoms with van der Waals surface area (Å²) in [6.45, 7) is 0.368. The van der Waals surface area contributed by atoms with E-state index in [-0.39, 0.29) is 18.7 Å². The molecule has 0 radical (unpaired) electrons. The lowest BCUT2D eigenvalue weighted by atomic mass is 10.2. The van der Waals surface area contributed by atoms with Crippen molar-refractivity contribution < 1.29 is 9.53 Å². The van der Waals surface area contributed by atoms with Crippen LogP contribution in [-0.2, 0) is 17.9 Å². The highest BCUT2D eigenvalue weighted by molar-refractivity contribution is 5.67. The molecule has 19 heavy (non-hydrogen) atoms. The summed E-state index contributed by atoms with van der Waals surface area (Å²) >= 11 is 0. The van der Waals surface area contributed by atoms with Gasteiger partial charge in [-0.3, -0.25) is 9.78 Å². The van der Waals surface area contributed by atoms with Crippen LogP contribution >= 0.6 is 0 Å². The van der Waals surface area contributed by atoms with Gasteiger partial charge in [-0.1, -0.05) is 30.3 Å². The van der Waals surface area contributed by atoms with E-state index in [0.717, 1.165) is 11.8 Å². The van der Waals surface area contributed by atoms with Crippen molar-refractivity contribution in [1.82, 2.24) is 15.3 Å². The zero-order chi connectivity index (χ0) is 13.5. The van der Waals surface area contributed by atoms with Crippen LogP contribution < -0.4 is 10.9 Å². The molecule has 2 aromatic rings. The lowest BCUT2D eigenvalue weighted by Crippen LogP contribution is -2.25. The van der Waals surface area contributed by atoms with Crippen LogP contribution in [0.5, 0.6) is 0 Å². The number of carbonyl (C=O) groups is 1. The third-order valence-electron chi connectivity index (χ3n) is 2.34. The maximum absolute atomic E-state index is 11.4. The van der Waals surface area contributed by atoms with E-state index in [4.69, 9.17) is 4.74 Å². The van der Waals surface area contributed by atoms with Crippen LogP contribution in [0.25, 0.3) is 0 Å². The number of ether oxygens (including phenoxy) is 1. The molecule has 2 rings (SSSR count). The van der Waals surface area contributed by atoms with Crippen molar-refractivity contribution in [3.05, 3.63) is 64.3 Å². The first kappa shape index (κ1) is 12.8. The monoisotopic (exact) mass is 259 g/mol. The van der Waals surface area contributed by atoms with E-state index in [1.807, 2.05) is 30.3 Å². The van der Waals surface area contributed by atoms with Crippen LogP contribution in [0.15, 0.2) is 47.5 Å². The van der Waals surface area contributed by atoms with E-state index in [1.165, 1.54) is 6.20 Å². The predicted octanol–water partition coefficient (Wildman–Crippen LogP) is 1.20. The molecule has 6 heteroatoms. The van der Waals surface area contributed by atoms with Gasteiger partial charge in [0.05, 0.1) is 18.4 Å². The van der Waals surface area contributed by atoms with Crippen LogP contribution in [0.3, 0.4) is 0 Å². The van der Waals surface area contributed by atoms with E-state index >= 15 is 0 Å². The van der Waals surface area contributed by atoms with Crippen molar-refractivity contribution in [1.29, 1.82) is 0 Å². The molecule has 98 valence electrons. The number of nitrogens with zero attached hydrogens (tertiary/aromatic N) is 1. The van der Waals surface area contributed by atoms with E-state index in [2.05, 4.69) is 15.3 Å². The van der Waals surface area contributed by atoms with Gasteiger partial charge >= 0.3 is 6.09 Å². The molecule has 1 heterocycles. The highest BCUT2D eigenvalue weighted by Crippen LogP contribution is 2.00. The molecule has 1 aromatic heterocycles. The molecule has 0 aliphatic rings. The molecule has 0 atom stereocenters. The topological polar surface area (TPSA) is 84.1 Å². The molecule has 2 N–H and O–H groups in total. The molecule has 1 aromatic carbocycles. The number of rotatable bonds is 4. The van der Waals surface area contributed by atoms with E-state index in [1.54, 1.807) is 0 Å². The number of alkyl carbamates (subject to hydrolysis) is 1. The largest absolute Gasteiger partial charge is 0.445 e. The molecular formula is C13H13N3O3.